The zero-order valence-electron chi connectivity index (χ0n) is 19.9. The quantitative estimate of drug-likeness (QED) is 0.405. The van der Waals surface area contributed by atoms with Crippen molar-refractivity contribution in [2.75, 3.05) is 38.5 Å². The Balaban J connectivity index is 2.13. The molecule has 1 heterocycles. The molecule has 8 nitrogen and oxygen atoms in total. The predicted molar refractivity (Wildman–Crippen MR) is 133 cm³/mol. The van der Waals surface area contributed by atoms with E-state index in [4.69, 9.17) is 4.74 Å². The van der Waals surface area contributed by atoms with E-state index < -0.39 is 22.1 Å². The van der Waals surface area contributed by atoms with Gasteiger partial charge in [0.1, 0.15) is 17.3 Å². The first-order chi connectivity index (χ1) is 16.2. The highest BCUT2D eigenvalue weighted by Crippen LogP contribution is 2.43. The van der Waals surface area contributed by atoms with Crippen LogP contribution in [-0.2, 0) is 19.6 Å². The number of sulfonamides is 1. The maximum absolute atomic E-state index is 13.7. The van der Waals surface area contributed by atoms with Gasteiger partial charge in [0.2, 0.25) is 10.0 Å². The minimum atomic E-state index is -3.84. The molecule has 186 valence electrons. The van der Waals surface area contributed by atoms with Crippen LogP contribution in [0, 0.1) is 0 Å². The molecule has 0 aliphatic carbocycles. The first kappa shape index (κ1) is 26.3. The SMILES string of the molecule is CCCC[C@H]1CN(c2ccccc2)c2cc(SC)c(OCC(O)C(=O)OC)cc2S(=O)(=O)N1C. The van der Waals surface area contributed by atoms with Crippen molar-refractivity contribution in [2.24, 2.45) is 0 Å². The summed E-state index contributed by atoms with van der Waals surface area (Å²) in [5.41, 5.74) is 1.47. The van der Waals surface area contributed by atoms with E-state index in [1.165, 1.54) is 29.2 Å². The van der Waals surface area contributed by atoms with Gasteiger partial charge < -0.3 is 19.5 Å². The van der Waals surface area contributed by atoms with Crippen LogP contribution in [0.5, 0.6) is 5.75 Å². The number of esters is 1. The third-order valence-electron chi connectivity index (χ3n) is 5.93. The highest BCUT2D eigenvalue weighted by atomic mass is 32.2. The second-order valence-corrected chi connectivity index (χ2v) is 10.9. The maximum atomic E-state index is 13.7. The fraction of sp³-hybridized carbons (Fsp3) is 0.458. The van der Waals surface area contributed by atoms with Crippen molar-refractivity contribution in [3.63, 3.8) is 0 Å². The van der Waals surface area contributed by atoms with Crippen LogP contribution in [0.2, 0.25) is 0 Å². The van der Waals surface area contributed by atoms with Crippen molar-refractivity contribution in [1.82, 2.24) is 4.31 Å². The standard InChI is InChI=1S/C24H32N2O6S2/c1-5-6-10-18-15-26(17-11-8-7-9-12-17)19-13-22(33-4)21(32-16-20(27)24(28)31-3)14-23(19)34(29,30)25(18)2/h7-9,11-14,18,20,27H,5-6,10,15-16H2,1-4H3/t18-,20?/m0/s1. The summed E-state index contributed by atoms with van der Waals surface area (Å²) in [5, 5.41) is 9.94. The number of aliphatic hydroxyl groups is 1. The highest BCUT2D eigenvalue weighted by Gasteiger charge is 2.37. The number of hydrogen-bond acceptors (Lipinski definition) is 8. The molecule has 2 atom stereocenters. The van der Waals surface area contributed by atoms with Gasteiger partial charge in [-0.1, -0.05) is 38.0 Å². The van der Waals surface area contributed by atoms with Crippen LogP contribution >= 0.6 is 11.8 Å². The number of fused-ring (bicyclic) bond motifs is 1. The minimum absolute atomic E-state index is 0.123. The predicted octanol–water partition coefficient (Wildman–Crippen LogP) is 3.65. The van der Waals surface area contributed by atoms with Crippen molar-refractivity contribution in [1.29, 1.82) is 0 Å². The lowest BCUT2D eigenvalue weighted by molar-refractivity contribution is -0.151. The molecule has 1 aliphatic rings. The second kappa shape index (κ2) is 11.4. The molecule has 0 saturated carbocycles. The van der Waals surface area contributed by atoms with Crippen LogP contribution in [-0.4, -0.2) is 69.5 Å². The molecule has 0 aromatic heterocycles. The summed E-state index contributed by atoms with van der Waals surface area (Å²) in [5.74, 6) is -0.534. The summed E-state index contributed by atoms with van der Waals surface area (Å²) >= 11 is 1.40. The molecule has 0 fully saturated rings. The molecule has 3 rings (SSSR count). The summed E-state index contributed by atoms with van der Waals surface area (Å²) in [6.45, 7) is 2.25. The third-order valence-corrected chi connectivity index (χ3v) is 8.63. The summed E-state index contributed by atoms with van der Waals surface area (Å²) in [6, 6.07) is 12.8. The largest absolute Gasteiger partial charge is 0.489 e. The van der Waals surface area contributed by atoms with Gasteiger partial charge in [0.05, 0.1) is 17.7 Å². The van der Waals surface area contributed by atoms with Crippen molar-refractivity contribution in [3.05, 3.63) is 42.5 Å². The Morgan fingerprint density at radius 2 is 1.97 bits per heavy atom. The Labute approximate surface area is 205 Å². The number of methoxy groups -OCH3 is 1. The van der Waals surface area contributed by atoms with E-state index in [2.05, 4.69) is 11.7 Å². The van der Waals surface area contributed by atoms with E-state index in [0.717, 1.165) is 24.9 Å². The number of carbonyl (C=O) groups excluding carboxylic acids is 1. The Hall–Kier alpha value is -2.27. The Morgan fingerprint density at radius 1 is 1.26 bits per heavy atom. The zero-order valence-corrected chi connectivity index (χ0v) is 21.6. The lowest BCUT2D eigenvalue weighted by Crippen LogP contribution is -2.40. The number of thioether (sulfide) groups is 1. The smallest absolute Gasteiger partial charge is 0.338 e. The number of carbonyl (C=O) groups is 1. The summed E-state index contributed by atoms with van der Waals surface area (Å²) < 4.78 is 39.2. The van der Waals surface area contributed by atoms with Gasteiger partial charge in [-0.25, -0.2) is 13.2 Å². The number of benzene rings is 2. The Morgan fingerprint density at radius 3 is 2.59 bits per heavy atom. The van der Waals surface area contributed by atoms with Crippen molar-refractivity contribution >= 4 is 39.1 Å². The van der Waals surface area contributed by atoms with Crippen molar-refractivity contribution < 1.29 is 27.8 Å². The molecule has 0 saturated heterocycles. The van der Waals surface area contributed by atoms with Gasteiger partial charge in [0.15, 0.2) is 6.10 Å². The van der Waals surface area contributed by atoms with E-state index >= 15 is 0 Å². The fourth-order valence-electron chi connectivity index (χ4n) is 3.93. The average Bonchev–Trinajstić information content (AvgIpc) is 2.93. The normalized spacial score (nSPS) is 18.6. The number of para-hydroxylation sites is 1. The first-order valence-corrected chi connectivity index (χ1v) is 13.8. The molecule has 2 aromatic carbocycles. The van der Waals surface area contributed by atoms with Crippen LogP contribution < -0.4 is 9.64 Å². The van der Waals surface area contributed by atoms with Crippen LogP contribution in [0.15, 0.2) is 52.3 Å². The van der Waals surface area contributed by atoms with Crippen LogP contribution in [0.4, 0.5) is 11.4 Å². The number of anilines is 2. The van der Waals surface area contributed by atoms with Crippen molar-refractivity contribution in [3.8, 4) is 5.75 Å². The van der Waals surface area contributed by atoms with E-state index in [9.17, 15) is 18.3 Å². The average molecular weight is 509 g/mol. The molecule has 34 heavy (non-hydrogen) atoms. The maximum Gasteiger partial charge on any atom is 0.338 e. The number of rotatable bonds is 9. The molecule has 2 aromatic rings. The molecule has 1 N–H and O–H groups in total. The van der Waals surface area contributed by atoms with E-state index in [1.54, 1.807) is 13.1 Å². The van der Waals surface area contributed by atoms with Gasteiger partial charge in [-0.2, -0.15) is 4.31 Å². The molecule has 0 bridgehead atoms. The van der Waals surface area contributed by atoms with Crippen LogP contribution in [0.1, 0.15) is 26.2 Å². The molecular weight excluding hydrogens is 476 g/mol. The fourth-order valence-corrected chi connectivity index (χ4v) is 6.05. The lowest BCUT2D eigenvalue weighted by atomic mass is 10.1. The number of aliphatic hydroxyl groups excluding tert-OH is 1. The molecule has 1 aliphatic heterocycles. The Kier molecular flexibility index (Phi) is 8.86. The molecule has 0 radical (unpaired) electrons. The summed E-state index contributed by atoms with van der Waals surface area (Å²) in [6.07, 6.45) is 3.02. The third kappa shape index (κ3) is 5.51. The monoisotopic (exact) mass is 508 g/mol. The highest BCUT2D eigenvalue weighted by molar-refractivity contribution is 7.98. The summed E-state index contributed by atoms with van der Waals surface area (Å²) in [4.78, 5) is 14.4. The number of likely N-dealkylation sites (N-methyl/N-ethyl adjacent to an activating group) is 1. The lowest BCUT2D eigenvalue weighted by Gasteiger charge is -2.29. The van der Waals surface area contributed by atoms with E-state index in [0.29, 0.717) is 17.1 Å². The van der Waals surface area contributed by atoms with Gasteiger partial charge >= 0.3 is 5.97 Å². The van der Waals surface area contributed by atoms with E-state index in [-0.39, 0.29) is 23.3 Å². The van der Waals surface area contributed by atoms with Gasteiger partial charge in [0.25, 0.3) is 0 Å². The summed E-state index contributed by atoms with van der Waals surface area (Å²) in [7, 11) is -1.04. The van der Waals surface area contributed by atoms with Crippen molar-refractivity contribution in [2.45, 2.75) is 48.1 Å². The molecule has 10 heteroatoms. The van der Waals surface area contributed by atoms with E-state index in [1.807, 2.05) is 41.5 Å². The van der Waals surface area contributed by atoms with Crippen LogP contribution in [0.3, 0.4) is 0 Å². The number of hydrogen-bond donors (Lipinski definition) is 1. The minimum Gasteiger partial charge on any atom is -0.489 e. The molecule has 0 spiro atoms. The first-order valence-electron chi connectivity index (χ1n) is 11.2. The topological polar surface area (TPSA) is 96.4 Å². The number of nitrogens with zero attached hydrogens (tertiary/aromatic N) is 2. The molecular formula is C24H32N2O6S2. The molecule has 1 unspecified atom stereocenters. The van der Waals surface area contributed by atoms with Gasteiger partial charge in [-0.15, -0.1) is 11.8 Å². The van der Waals surface area contributed by atoms with Crippen LogP contribution in [0.25, 0.3) is 0 Å². The van der Waals surface area contributed by atoms with Gasteiger partial charge in [-0.3, -0.25) is 0 Å². The number of ether oxygens (including phenoxy) is 2. The van der Waals surface area contributed by atoms with Gasteiger partial charge in [0, 0.05) is 31.4 Å². The Bertz CT molecular complexity index is 1090. The zero-order chi connectivity index (χ0) is 24.9. The molecule has 0 amide bonds. The second-order valence-electron chi connectivity index (χ2n) is 8.08. The number of unbranched alkanes of at least 4 members (excludes halogenated alkanes) is 1. The van der Waals surface area contributed by atoms with Gasteiger partial charge in [-0.05, 0) is 30.9 Å².